The molecule has 0 radical (unpaired) electrons. The fraction of sp³-hybridized carbons (Fsp3) is 0.476. The minimum Gasteiger partial charge on any atom is -0.494 e. The van der Waals surface area contributed by atoms with E-state index < -0.39 is 0 Å². The summed E-state index contributed by atoms with van der Waals surface area (Å²) in [6.45, 7) is 7.30. The van der Waals surface area contributed by atoms with Crippen LogP contribution in [0.5, 0.6) is 5.75 Å². The summed E-state index contributed by atoms with van der Waals surface area (Å²) in [5.74, 6) is 2.70. The number of nitrogens with one attached hydrogen (secondary N) is 1. The van der Waals surface area contributed by atoms with Gasteiger partial charge >= 0.3 is 0 Å². The van der Waals surface area contributed by atoms with E-state index in [1.54, 1.807) is 12.4 Å². The maximum absolute atomic E-state index is 5.72. The van der Waals surface area contributed by atoms with Crippen LogP contribution in [0.4, 0.5) is 5.95 Å². The maximum Gasteiger partial charge on any atom is 0.225 e. The van der Waals surface area contributed by atoms with Gasteiger partial charge in [0, 0.05) is 52.2 Å². The van der Waals surface area contributed by atoms with Crippen LogP contribution in [0.15, 0.2) is 47.7 Å². The zero-order valence-corrected chi connectivity index (χ0v) is 16.8. The summed E-state index contributed by atoms with van der Waals surface area (Å²) >= 11 is 0. The molecule has 0 atom stereocenters. The van der Waals surface area contributed by atoms with Gasteiger partial charge in [-0.15, -0.1) is 0 Å². The number of aliphatic imine (C=N–C) groups is 1. The van der Waals surface area contributed by atoms with Crippen molar-refractivity contribution in [3.63, 3.8) is 0 Å². The first-order valence-corrected chi connectivity index (χ1v) is 9.99. The number of anilines is 1. The number of hydrogen-bond acceptors (Lipinski definition) is 5. The third kappa shape index (κ3) is 5.58. The average Bonchev–Trinajstić information content (AvgIpc) is 2.76. The fourth-order valence-electron chi connectivity index (χ4n) is 3.23. The van der Waals surface area contributed by atoms with Crippen LogP contribution in [0.1, 0.15) is 18.9 Å². The molecule has 0 spiro atoms. The molecule has 2 heterocycles. The standard InChI is InChI=1S/C21H30N6O/c1-3-16-28-19-7-4-6-18(17-19)8-11-25-20(22-2)26-12-14-27(15-13-26)21-23-9-5-10-24-21/h4-7,9-10,17H,3,8,11-16H2,1-2H3,(H,22,25). The van der Waals surface area contributed by atoms with Gasteiger partial charge in [0.1, 0.15) is 5.75 Å². The van der Waals surface area contributed by atoms with Gasteiger partial charge in [0.05, 0.1) is 6.61 Å². The summed E-state index contributed by atoms with van der Waals surface area (Å²) in [4.78, 5) is 17.6. The van der Waals surface area contributed by atoms with Crippen molar-refractivity contribution in [3.8, 4) is 5.75 Å². The second kappa shape index (κ2) is 10.5. The van der Waals surface area contributed by atoms with Crippen molar-refractivity contribution in [2.75, 3.05) is 51.3 Å². The second-order valence-electron chi connectivity index (χ2n) is 6.74. The Balaban J connectivity index is 1.45. The third-order valence-corrected chi connectivity index (χ3v) is 4.69. The lowest BCUT2D eigenvalue weighted by molar-refractivity contribution is 0.317. The summed E-state index contributed by atoms with van der Waals surface area (Å²) in [5.41, 5.74) is 1.27. The predicted octanol–water partition coefficient (Wildman–Crippen LogP) is 2.21. The Bertz CT molecular complexity index is 744. The highest BCUT2D eigenvalue weighted by molar-refractivity contribution is 5.80. The molecule has 0 bridgehead atoms. The maximum atomic E-state index is 5.72. The number of hydrogen-bond donors (Lipinski definition) is 1. The summed E-state index contributed by atoms with van der Waals surface area (Å²) in [5, 5.41) is 3.49. The molecule has 1 aromatic heterocycles. The number of benzene rings is 1. The molecular weight excluding hydrogens is 352 g/mol. The monoisotopic (exact) mass is 382 g/mol. The van der Waals surface area contributed by atoms with Crippen LogP contribution >= 0.6 is 0 Å². The van der Waals surface area contributed by atoms with Crippen LogP contribution in [0, 0.1) is 0 Å². The van der Waals surface area contributed by atoms with E-state index in [1.807, 2.05) is 19.2 Å². The number of rotatable bonds is 7. The molecule has 150 valence electrons. The molecule has 7 nitrogen and oxygen atoms in total. The van der Waals surface area contributed by atoms with Crippen molar-refractivity contribution in [2.24, 2.45) is 4.99 Å². The lowest BCUT2D eigenvalue weighted by atomic mass is 10.1. The van der Waals surface area contributed by atoms with Crippen LogP contribution in [0.2, 0.25) is 0 Å². The van der Waals surface area contributed by atoms with Gasteiger partial charge in [0.15, 0.2) is 5.96 Å². The average molecular weight is 383 g/mol. The van der Waals surface area contributed by atoms with Gasteiger partial charge in [-0.3, -0.25) is 4.99 Å². The van der Waals surface area contributed by atoms with Crippen LogP contribution in [-0.4, -0.2) is 67.2 Å². The highest BCUT2D eigenvalue weighted by Crippen LogP contribution is 2.14. The second-order valence-corrected chi connectivity index (χ2v) is 6.74. The zero-order chi connectivity index (χ0) is 19.6. The van der Waals surface area contributed by atoms with Crippen molar-refractivity contribution in [1.29, 1.82) is 0 Å². The lowest BCUT2D eigenvalue weighted by Crippen LogP contribution is -2.53. The Morgan fingerprint density at radius 3 is 2.64 bits per heavy atom. The molecule has 2 aromatic rings. The Labute approximate surface area is 167 Å². The van der Waals surface area contributed by atoms with Crippen LogP contribution in [0.3, 0.4) is 0 Å². The Morgan fingerprint density at radius 1 is 1.14 bits per heavy atom. The topological polar surface area (TPSA) is 65.9 Å². The molecule has 7 heteroatoms. The van der Waals surface area contributed by atoms with E-state index >= 15 is 0 Å². The van der Waals surface area contributed by atoms with Crippen molar-refractivity contribution in [1.82, 2.24) is 20.2 Å². The quantitative estimate of drug-likeness (QED) is 0.585. The predicted molar refractivity (Wildman–Crippen MR) is 113 cm³/mol. The summed E-state index contributed by atoms with van der Waals surface area (Å²) < 4.78 is 5.72. The van der Waals surface area contributed by atoms with Gasteiger partial charge in [-0.2, -0.15) is 0 Å². The van der Waals surface area contributed by atoms with Crippen molar-refractivity contribution in [2.45, 2.75) is 19.8 Å². The van der Waals surface area contributed by atoms with E-state index in [0.29, 0.717) is 0 Å². The number of aromatic nitrogens is 2. The van der Waals surface area contributed by atoms with E-state index in [0.717, 1.165) is 69.8 Å². The molecule has 1 aliphatic heterocycles. The zero-order valence-electron chi connectivity index (χ0n) is 16.8. The fourth-order valence-corrected chi connectivity index (χ4v) is 3.23. The molecule has 0 unspecified atom stereocenters. The van der Waals surface area contributed by atoms with Gasteiger partial charge in [-0.1, -0.05) is 19.1 Å². The molecule has 0 aliphatic carbocycles. The molecule has 1 aromatic carbocycles. The van der Waals surface area contributed by atoms with E-state index in [9.17, 15) is 0 Å². The van der Waals surface area contributed by atoms with E-state index in [1.165, 1.54) is 5.56 Å². The lowest BCUT2D eigenvalue weighted by Gasteiger charge is -2.36. The van der Waals surface area contributed by atoms with Crippen LogP contribution in [-0.2, 0) is 6.42 Å². The van der Waals surface area contributed by atoms with Crippen molar-refractivity contribution >= 4 is 11.9 Å². The van der Waals surface area contributed by atoms with E-state index in [2.05, 4.69) is 55.2 Å². The third-order valence-electron chi connectivity index (χ3n) is 4.69. The van der Waals surface area contributed by atoms with Crippen LogP contribution < -0.4 is 15.0 Å². The van der Waals surface area contributed by atoms with Gasteiger partial charge in [0.25, 0.3) is 0 Å². The normalized spacial score (nSPS) is 14.9. The minimum absolute atomic E-state index is 0.758. The molecule has 3 rings (SSSR count). The largest absolute Gasteiger partial charge is 0.494 e. The first-order chi connectivity index (χ1) is 13.8. The minimum atomic E-state index is 0.758. The highest BCUT2D eigenvalue weighted by atomic mass is 16.5. The SMILES string of the molecule is CCCOc1cccc(CCNC(=NC)N2CCN(c3ncccn3)CC2)c1. The molecular formula is C21H30N6O. The smallest absolute Gasteiger partial charge is 0.225 e. The van der Waals surface area contributed by atoms with E-state index in [-0.39, 0.29) is 0 Å². The number of piperazine rings is 1. The van der Waals surface area contributed by atoms with Gasteiger partial charge in [0.2, 0.25) is 5.95 Å². The van der Waals surface area contributed by atoms with Crippen molar-refractivity contribution in [3.05, 3.63) is 48.3 Å². The van der Waals surface area contributed by atoms with Crippen LogP contribution in [0.25, 0.3) is 0 Å². The highest BCUT2D eigenvalue weighted by Gasteiger charge is 2.20. The molecule has 0 saturated carbocycles. The molecule has 1 N–H and O–H groups in total. The molecule has 0 amide bonds. The van der Waals surface area contributed by atoms with E-state index in [4.69, 9.17) is 4.74 Å². The Kier molecular flexibility index (Phi) is 7.46. The first kappa shape index (κ1) is 19.9. The summed E-state index contributed by atoms with van der Waals surface area (Å²) in [6, 6.07) is 10.2. The summed E-state index contributed by atoms with van der Waals surface area (Å²) in [6.07, 6.45) is 5.53. The number of ether oxygens (including phenoxy) is 1. The van der Waals surface area contributed by atoms with Gasteiger partial charge < -0.3 is 19.9 Å². The molecule has 1 aliphatic rings. The van der Waals surface area contributed by atoms with Crippen molar-refractivity contribution < 1.29 is 4.74 Å². The number of nitrogens with zero attached hydrogens (tertiary/aromatic N) is 5. The summed E-state index contributed by atoms with van der Waals surface area (Å²) in [7, 11) is 1.84. The first-order valence-electron chi connectivity index (χ1n) is 9.99. The Hall–Kier alpha value is -2.83. The Morgan fingerprint density at radius 2 is 1.93 bits per heavy atom. The molecule has 1 saturated heterocycles. The molecule has 1 fully saturated rings. The number of guanidine groups is 1. The van der Waals surface area contributed by atoms with Gasteiger partial charge in [-0.05, 0) is 36.6 Å². The van der Waals surface area contributed by atoms with Gasteiger partial charge in [-0.25, -0.2) is 9.97 Å². The molecule has 28 heavy (non-hydrogen) atoms.